The maximum Gasteiger partial charge on any atom is 0.257 e. The van der Waals surface area contributed by atoms with E-state index in [2.05, 4.69) is 15.2 Å². The lowest BCUT2D eigenvalue weighted by Gasteiger charge is -2.20. The first-order valence-corrected chi connectivity index (χ1v) is 9.55. The highest BCUT2D eigenvalue weighted by molar-refractivity contribution is 7.88. The normalized spacial score (nSPS) is 11.9. The van der Waals surface area contributed by atoms with Gasteiger partial charge in [0.25, 0.3) is 5.78 Å². The van der Waals surface area contributed by atoms with Gasteiger partial charge >= 0.3 is 0 Å². The molecule has 0 saturated carbocycles. The van der Waals surface area contributed by atoms with Crippen molar-refractivity contribution in [2.24, 2.45) is 5.14 Å². The molecule has 0 aliphatic rings. The molecule has 9 heteroatoms. The minimum Gasteiger partial charge on any atom is -0.329 e. The molecule has 0 radical (unpaired) electrons. The van der Waals surface area contributed by atoms with Gasteiger partial charge in [0, 0.05) is 18.1 Å². The van der Waals surface area contributed by atoms with E-state index in [0.29, 0.717) is 17.2 Å². The Hall–Kier alpha value is -3.04. The van der Waals surface area contributed by atoms with Crippen LogP contribution in [0.3, 0.4) is 0 Å². The summed E-state index contributed by atoms with van der Waals surface area (Å²) in [6.07, 6.45) is 1.58. The minimum absolute atomic E-state index is 0.238. The van der Waals surface area contributed by atoms with Crippen LogP contribution in [0, 0.1) is 0 Å². The van der Waals surface area contributed by atoms with Crippen LogP contribution in [0.25, 0.3) is 16.7 Å². The van der Waals surface area contributed by atoms with Crippen LogP contribution >= 0.6 is 0 Å². The van der Waals surface area contributed by atoms with E-state index in [-0.39, 0.29) is 5.75 Å². The lowest BCUT2D eigenvalue weighted by molar-refractivity contribution is 0.597. The van der Waals surface area contributed by atoms with Crippen LogP contribution in [0.15, 0.2) is 54.9 Å². The average molecular weight is 368 g/mol. The second-order valence-corrected chi connectivity index (χ2v) is 7.60. The van der Waals surface area contributed by atoms with E-state index in [9.17, 15) is 8.42 Å². The molecule has 0 saturated heterocycles. The Morgan fingerprint density at radius 1 is 1.15 bits per heavy atom. The summed E-state index contributed by atoms with van der Waals surface area (Å²) in [7, 11) is -1.73. The largest absolute Gasteiger partial charge is 0.329 e. The third kappa shape index (κ3) is 2.98. The Labute approximate surface area is 150 Å². The maximum atomic E-state index is 11.5. The number of anilines is 2. The lowest BCUT2D eigenvalue weighted by Crippen LogP contribution is -2.15. The number of sulfonamides is 1. The molecule has 0 bridgehead atoms. The molecule has 132 valence electrons. The van der Waals surface area contributed by atoms with E-state index in [4.69, 9.17) is 5.14 Å². The summed E-state index contributed by atoms with van der Waals surface area (Å²) < 4.78 is 24.7. The molecular formula is C17H16N6O2S. The number of aromatic nitrogens is 4. The SMILES string of the molecule is CN(c1ccccc1)c1nc2nncn2c2ccc(CS(N)(=O)=O)cc12. The Balaban J connectivity index is 1.97. The van der Waals surface area contributed by atoms with Gasteiger partial charge in [0.2, 0.25) is 10.0 Å². The second kappa shape index (κ2) is 6.04. The predicted molar refractivity (Wildman–Crippen MR) is 99.6 cm³/mol. The number of nitrogens with zero attached hydrogens (tertiary/aromatic N) is 5. The Bertz CT molecular complexity index is 1200. The van der Waals surface area contributed by atoms with E-state index in [1.165, 1.54) is 0 Å². The molecule has 0 amide bonds. The van der Waals surface area contributed by atoms with Crippen LogP contribution in [-0.4, -0.2) is 35.0 Å². The highest BCUT2D eigenvalue weighted by atomic mass is 32.2. The van der Waals surface area contributed by atoms with Gasteiger partial charge in [-0.3, -0.25) is 4.40 Å². The first-order chi connectivity index (χ1) is 12.4. The standard InChI is InChI=1S/C17H16N6O2S/c1-22(13-5-3-2-4-6-13)16-14-9-12(10-26(18,24)25)7-8-15(14)23-11-19-21-17(23)20-16/h2-9,11H,10H2,1H3,(H2,18,24,25). The van der Waals surface area contributed by atoms with Crippen LogP contribution in [0.4, 0.5) is 11.5 Å². The molecule has 0 atom stereocenters. The van der Waals surface area contributed by atoms with Gasteiger partial charge in [-0.1, -0.05) is 24.3 Å². The molecule has 4 rings (SSSR count). The number of hydrogen-bond acceptors (Lipinski definition) is 6. The summed E-state index contributed by atoms with van der Waals surface area (Å²) in [5.74, 6) is 0.884. The van der Waals surface area contributed by atoms with Crippen molar-refractivity contribution in [1.82, 2.24) is 19.6 Å². The summed E-state index contributed by atoms with van der Waals surface area (Å²) in [5, 5.41) is 13.9. The minimum atomic E-state index is -3.63. The van der Waals surface area contributed by atoms with Crippen molar-refractivity contribution in [1.29, 1.82) is 0 Å². The topological polar surface area (TPSA) is 106 Å². The van der Waals surface area contributed by atoms with Gasteiger partial charge in [-0.2, -0.15) is 4.98 Å². The fourth-order valence-corrected chi connectivity index (χ4v) is 3.60. The number of fused-ring (bicyclic) bond motifs is 3. The van der Waals surface area contributed by atoms with E-state index in [1.807, 2.05) is 48.3 Å². The number of primary sulfonamides is 1. The first-order valence-electron chi connectivity index (χ1n) is 7.84. The molecule has 0 aliphatic heterocycles. The highest BCUT2D eigenvalue weighted by Crippen LogP contribution is 2.30. The summed E-state index contributed by atoms with van der Waals surface area (Å²) in [6.45, 7) is 0. The van der Waals surface area contributed by atoms with Crippen molar-refractivity contribution in [2.75, 3.05) is 11.9 Å². The molecule has 0 aliphatic carbocycles. The molecule has 2 aromatic carbocycles. The Morgan fingerprint density at radius 3 is 2.65 bits per heavy atom. The van der Waals surface area contributed by atoms with Crippen molar-refractivity contribution in [3.8, 4) is 0 Å². The summed E-state index contributed by atoms with van der Waals surface area (Å²) in [5.41, 5.74) is 2.37. The summed E-state index contributed by atoms with van der Waals surface area (Å²) in [4.78, 5) is 6.54. The van der Waals surface area contributed by atoms with Crippen LogP contribution in [0.5, 0.6) is 0 Å². The van der Waals surface area contributed by atoms with E-state index >= 15 is 0 Å². The molecule has 26 heavy (non-hydrogen) atoms. The van der Waals surface area contributed by atoms with Crippen molar-refractivity contribution >= 4 is 38.2 Å². The van der Waals surface area contributed by atoms with E-state index in [1.54, 1.807) is 22.9 Å². The number of benzene rings is 2. The molecule has 2 aromatic heterocycles. The fraction of sp³-hybridized carbons (Fsp3) is 0.118. The number of nitrogens with two attached hydrogens (primary N) is 1. The lowest BCUT2D eigenvalue weighted by atomic mass is 10.1. The van der Waals surface area contributed by atoms with Crippen LogP contribution in [0.2, 0.25) is 0 Å². The fourth-order valence-electron chi connectivity index (χ4n) is 2.95. The molecule has 2 N–H and O–H groups in total. The van der Waals surface area contributed by atoms with E-state index < -0.39 is 10.0 Å². The number of rotatable bonds is 4. The van der Waals surface area contributed by atoms with Crippen LogP contribution in [-0.2, 0) is 15.8 Å². The number of para-hydroxylation sites is 1. The molecule has 8 nitrogen and oxygen atoms in total. The zero-order chi connectivity index (χ0) is 18.3. The number of hydrogen-bond donors (Lipinski definition) is 1. The molecular weight excluding hydrogens is 352 g/mol. The van der Waals surface area contributed by atoms with E-state index in [0.717, 1.165) is 16.6 Å². The second-order valence-electron chi connectivity index (χ2n) is 5.99. The zero-order valence-electron chi connectivity index (χ0n) is 13.9. The smallest absolute Gasteiger partial charge is 0.257 e. The van der Waals surface area contributed by atoms with Gasteiger partial charge in [0.15, 0.2) is 0 Å². The highest BCUT2D eigenvalue weighted by Gasteiger charge is 2.16. The molecule has 2 heterocycles. The first kappa shape index (κ1) is 16.4. The molecule has 0 fully saturated rings. The Morgan fingerprint density at radius 2 is 1.92 bits per heavy atom. The molecule has 0 spiro atoms. The molecule has 0 unspecified atom stereocenters. The van der Waals surface area contributed by atoms with Crippen molar-refractivity contribution in [3.05, 3.63) is 60.4 Å². The zero-order valence-corrected chi connectivity index (χ0v) is 14.8. The Kier molecular flexibility index (Phi) is 3.82. The maximum absolute atomic E-state index is 11.5. The van der Waals surface area contributed by atoms with Crippen molar-refractivity contribution < 1.29 is 8.42 Å². The quantitative estimate of drug-likeness (QED) is 0.589. The van der Waals surface area contributed by atoms with Gasteiger partial charge < -0.3 is 4.90 Å². The van der Waals surface area contributed by atoms with Gasteiger partial charge in [-0.15, -0.1) is 10.2 Å². The van der Waals surface area contributed by atoms with Gasteiger partial charge in [-0.05, 0) is 29.8 Å². The van der Waals surface area contributed by atoms with Gasteiger partial charge in [0.1, 0.15) is 12.1 Å². The monoisotopic (exact) mass is 368 g/mol. The third-order valence-corrected chi connectivity index (χ3v) is 4.86. The van der Waals surface area contributed by atoms with Crippen molar-refractivity contribution in [3.63, 3.8) is 0 Å². The van der Waals surface area contributed by atoms with Gasteiger partial charge in [-0.25, -0.2) is 13.6 Å². The van der Waals surface area contributed by atoms with Gasteiger partial charge in [0.05, 0.1) is 11.3 Å². The average Bonchev–Trinajstić information content (AvgIpc) is 3.08. The van der Waals surface area contributed by atoms with Crippen LogP contribution in [0.1, 0.15) is 5.56 Å². The van der Waals surface area contributed by atoms with Crippen molar-refractivity contribution in [2.45, 2.75) is 5.75 Å². The summed E-state index contributed by atoms with van der Waals surface area (Å²) >= 11 is 0. The summed E-state index contributed by atoms with van der Waals surface area (Å²) in [6, 6.07) is 15.1. The van der Waals surface area contributed by atoms with Crippen LogP contribution < -0.4 is 10.0 Å². The predicted octanol–water partition coefficient (Wildman–Crippen LogP) is 1.83. The molecule has 4 aromatic rings. The third-order valence-electron chi connectivity index (χ3n) is 4.13.